The zero-order valence-electron chi connectivity index (χ0n) is 15.0. The quantitative estimate of drug-likeness (QED) is 0.860. The molecule has 0 radical (unpaired) electrons. The van der Waals surface area contributed by atoms with Crippen molar-refractivity contribution in [1.82, 2.24) is 10.2 Å². The number of hydrogen-bond donors (Lipinski definition) is 2. The third-order valence-corrected chi connectivity index (χ3v) is 5.53. The minimum atomic E-state index is -0.485. The van der Waals surface area contributed by atoms with Crippen molar-refractivity contribution in [3.63, 3.8) is 0 Å². The van der Waals surface area contributed by atoms with Gasteiger partial charge in [0.2, 0.25) is 5.91 Å². The van der Waals surface area contributed by atoms with E-state index >= 15 is 0 Å². The molecule has 1 aliphatic heterocycles. The van der Waals surface area contributed by atoms with E-state index in [9.17, 15) is 14.3 Å². The van der Waals surface area contributed by atoms with Crippen molar-refractivity contribution in [3.8, 4) is 0 Å². The largest absolute Gasteiger partial charge is 0.392 e. The molecule has 1 fully saturated rings. The number of aliphatic hydroxyl groups excluding tert-OH is 1. The van der Waals surface area contributed by atoms with E-state index in [1.165, 1.54) is 12.5 Å². The average Bonchev–Trinajstić information content (AvgIpc) is 2.61. The van der Waals surface area contributed by atoms with Crippen LogP contribution in [-0.2, 0) is 11.2 Å². The minimum Gasteiger partial charge on any atom is -0.392 e. The summed E-state index contributed by atoms with van der Waals surface area (Å²) in [6.45, 7) is 2.91. The topological polar surface area (TPSA) is 52.6 Å². The molecule has 2 atom stereocenters. The summed E-state index contributed by atoms with van der Waals surface area (Å²) in [4.78, 5) is 14.7. The molecule has 2 aliphatic rings. The maximum Gasteiger partial charge on any atom is 0.237 e. The third-order valence-electron chi connectivity index (χ3n) is 5.53. The van der Waals surface area contributed by atoms with Crippen molar-refractivity contribution >= 4 is 5.91 Å². The van der Waals surface area contributed by atoms with Crippen LogP contribution in [0.5, 0.6) is 0 Å². The molecule has 0 spiro atoms. The summed E-state index contributed by atoms with van der Waals surface area (Å²) in [5.74, 6) is 0.165. The highest BCUT2D eigenvalue weighted by molar-refractivity contribution is 5.79. The van der Waals surface area contributed by atoms with Crippen LogP contribution in [0.1, 0.15) is 56.2 Å². The molecule has 1 saturated carbocycles. The first-order chi connectivity index (χ1) is 12.1. The van der Waals surface area contributed by atoms with Gasteiger partial charge in [-0.05, 0) is 43.7 Å². The van der Waals surface area contributed by atoms with Crippen molar-refractivity contribution in [2.24, 2.45) is 5.92 Å². The van der Waals surface area contributed by atoms with Crippen LogP contribution in [0.3, 0.4) is 0 Å². The SMILES string of the molecule is C[C@@H](O)CNCC(=O)N1CCc2cccc(F)c2C1C1CCCCC1. The Kier molecular flexibility index (Phi) is 6.07. The Morgan fingerprint density at radius 2 is 2.12 bits per heavy atom. The van der Waals surface area contributed by atoms with Crippen LogP contribution in [0.4, 0.5) is 4.39 Å². The van der Waals surface area contributed by atoms with Gasteiger partial charge >= 0.3 is 0 Å². The van der Waals surface area contributed by atoms with E-state index in [0.29, 0.717) is 25.4 Å². The summed E-state index contributed by atoms with van der Waals surface area (Å²) in [6.07, 6.45) is 5.89. The Bertz CT molecular complexity index is 599. The second-order valence-corrected chi connectivity index (χ2v) is 7.47. The molecule has 4 nitrogen and oxygen atoms in total. The molecule has 1 amide bonds. The molecule has 1 aromatic carbocycles. The molecule has 0 aromatic heterocycles. The number of fused-ring (bicyclic) bond motifs is 1. The Morgan fingerprint density at radius 3 is 2.84 bits per heavy atom. The molecular formula is C20H29FN2O2. The molecule has 138 valence electrons. The summed E-state index contributed by atoms with van der Waals surface area (Å²) < 4.78 is 14.7. The van der Waals surface area contributed by atoms with Crippen molar-refractivity contribution in [3.05, 3.63) is 35.1 Å². The van der Waals surface area contributed by atoms with Gasteiger partial charge in [0.25, 0.3) is 0 Å². The van der Waals surface area contributed by atoms with Crippen LogP contribution < -0.4 is 5.32 Å². The van der Waals surface area contributed by atoms with E-state index in [4.69, 9.17) is 0 Å². The van der Waals surface area contributed by atoms with E-state index in [2.05, 4.69) is 5.32 Å². The van der Waals surface area contributed by atoms with E-state index in [0.717, 1.165) is 36.8 Å². The zero-order chi connectivity index (χ0) is 17.8. The second kappa shape index (κ2) is 8.28. The monoisotopic (exact) mass is 348 g/mol. The Morgan fingerprint density at radius 1 is 1.36 bits per heavy atom. The maximum atomic E-state index is 14.7. The molecule has 0 saturated heterocycles. The van der Waals surface area contributed by atoms with Crippen molar-refractivity contribution < 1.29 is 14.3 Å². The molecule has 1 aliphatic carbocycles. The van der Waals surface area contributed by atoms with Gasteiger partial charge in [0.1, 0.15) is 5.82 Å². The summed E-state index contributed by atoms with van der Waals surface area (Å²) in [7, 11) is 0. The minimum absolute atomic E-state index is 0.00475. The second-order valence-electron chi connectivity index (χ2n) is 7.47. The fourth-order valence-electron chi connectivity index (χ4n) is 4.38. The Balaban J connectivity index is 1.83. The van der Waals surface area contributed by atoms with Crippen molar-refractivity contribution in [2.75, 3.05) is 19.6 Å². The van der Waals surface area contributed by atoms with E-state index in [1.807, 2.05) is 11.0 Å². The van der Waals surface area contributed by atoms with Crippen LogP contribution in [-0.4, -0.2) is 41.7 Å². The van der Waals surface area contributed by atoms with Crippen LogP contribution in [0, 0.1) is 11.7 Å². The van der Waals surface area contributed by atoms with Crippen LogP contribution in [0.15, 0.2) is 18.2 Å². The number of carbonyl (C=O) groups is 1. The molecular weight excluding hydrogens is 319 g/mol. The maximum absolute atomic E-state index is 14.7. The lowest BCUT2D eigenvalue weighted by molar-refractivity contribution is -0.135. The molecule has 2 N–H and O–H groups in total. The highest BCUT2D eigenvalue weighted by atomic mass is 19.1. The summed E-state index contributed by atoms with van der Waals surface area (Å²) in [6, 6.07) is 5.15. The van der Waals surface area contributed by atoms with Crippen molar-refractivity contribution in [2.45, 2.75) is 57.6 Å². The van der Waals surface area contributed by atoms with Gasteiger partial charge in [-0.25, -0.2) is 4.39 Å². The van der Waals surface area contributed by atoms with Gasteiger partial charge < -0.3 is 15.3 Å². The first-order valence-corrected chi connectivity index (χ1v) is 9.53. The zero-order valence-corrected chi connectivity index (χ0v) is 15.0. The molecule has 1 unspecified atom stereocenters. The predicted molar refractivity (Wildman–Crippen MR) is 95.7 cm³/mol. The van der Waals surface area contributed by atoms with Gasteiger partial charge in [0.15, 0.2) is 0 Å². The van der Waals surface area contributed by atoms with Gasteiger partial charge in [-0.2, -0.15) is 0 Å². The first-order valence-electron chi connectivity index (χ1n) is 9.53. The highest BCUT2D eigenvalue weighted by Gasteiger charge is 2.38. The number of hydrogen-bond acceptors (Lipinski definition) is 3. The van der Waals surface area contributed by atoms with E-state index in [-0.39, 0.29) is 24.3 Å². The normalized spacial score (nSPS) is 22.5. The molecule has 25 heavy (non-hydrogen) atoms. The van der Waals surface area contributed by atoms with Gasteiger partial charge in [-0.3, -0.25) is 4.79 Å². The molecule has 5 heteroatoms. The lowest BCUT2D eigenvalue weighted by Crippen LogP contribution is -2.47. The summed E-state index contributed by atoms with van der Waals surface area (Å²) in [5.41, 5.74) is 1.79. The predicted octanol–water partition coefficient (Wildman–Crippen LogP) is 2.80. The Labute approximate surface area is 149 Å². The fraction of sp³-hybridized carbons (Fsp3) is 0.650. The molecule has 3 rings (SSSR count). The van der Waals surface area contributed by atoms with Crippen molar-refractivity contribution in [1.29, 1.82) is 0 Å². The van der Waals surface area contributed by atoms with Gasteiger partial charge in [0, 0.05) is 18.7 Å². The number of nitrogens with zero attached hydrogens (tertiary/aromatic N) is 1. The standard InChI is InChI=1S/C20H29FN2O2/c1-14(24)12-22-13-18(25)23-11-10-15-8-5-9-17(21)19(15)20(23)16-6-3-2-4-7-16/h5,8-9,14,16,20,22,24H,2-4,6-7,10-13H2,1H3/t14-,20?/m1/s1. The van der Waals surface area contributed by atoms with Crippen LogP contribution in [0.2, 0.25) is 0 Å². The molecule has 1 heterocycles. The van der Waals surface area contributed by atoms with Gasteiger partial charge in [-0.15, -0.1) is 0 Å². The third kappa shape index (κ3) is 4.21. The highest BCUT2D eigenvalue weighted by Crippen LogP contribution is 2.42. The van der Waals surface area contributed by atoms with Crippen LogP contribution >= 0.6 is 0 Å². The number of nitrogens with one attached hydrogen (secondary N) is 1. The molecule has 0 bridgehead atoms. The number of rotatable bonds is 5. The van der Waals surface area contributed by atoms with Gasteiger partial charge in [0.05, 0.1) is 18.7 Å². The Hall–Kier alpha value is -1.46. The average molecular weight is 348 g/mol. The number of aliphatic hydroxyl groups is 1. The van der Waals surface area contributed by atoms with Crippen LogP contribution in [0.25, 0.3) is 0 Å². The first kappa shape index (κ1) is 18.3. The number of carbonyl (C=O) groups excluding carboxylic acids is 1. The lowest BCUT2D eigenvalue weighted by atomic mass is 9.77. The summed E-state index contributed by atoms with van der Waals surface area (Å²) >= 11 is 0. The smallest absolute Gasteiger partial charge is 0.237 e. The number of halogens is 1. The van der Waals surface area contributed by atoms with Gasteiger partial charge in [-0.1, -0.05) is 31.4 Å². The number of amides is 1. The lowest BCUT2D eigenvalue weighted by Gasteiger charge is -2.43. The fourth-order valence-corrected chi connectivity index (χ4v) is 4.38. The summed E-state index contributed by atoms with van der Waals surface area (Å²) in [5, 5.41) is 12.4. The molecule has 1 aromatic rings. The number of benzene rings is 1. The van der Waals surface area contributed by atoms with E-state index in [1.54, 1.807) is 13.0 Å². The van der Waals surface area contributed by atoms with E-state index < -0.39 is 6.10 Å².